The summed E-state index contributed by atoms with van der Waals surface area (Å²) in [5.74, 6) is -0.426. The van der Waals surface area contributed by atoms with E-state index in [0.29, 0.717) is 16.5 Å². The van der Waals surface area contributed by atoms with Crippen LogP contribution < -0.4 is 5.32 Å². The molecule has 1 fully saturated rings. The molecule has 2 N–H and O–H groups in total. The third-order valence-electron chi connectivity index (χ3n) is 3.24. The minimum absolute atomic E-state index is 0.159. The summed E-state index contributed by atoms with van der Waals surface area (Å²) >= 11 is 7.51. The molecule has 0 aromatic heterocycles. The van der Waals surface area contributed by atoms with Gasteiger partial charge in [0.15, 0.2) is 0 Å². The summed E-state index contributed by atoms with van der Waals surface area (Å²) in [5, 5.41) is 12.3. The maximum absolute atomic E-state index is 12.5. The van der Waals surface area contributed by atoms with E-state index in [2.05, 4.69) is 5.32 Å². The molecule has 1 aromatic rings. The molecule has 0 saturated carbocycles. The average Bonchev–Trinajstić information content (AvgIpc) is 2.86. The van der Waals surface area contributed by atoms with E-state index in [-0.39, 0.29) is 11.3 Å². The average molecular weight is 329 g/mol. The SMILES string of the molecule is CC(C)C1SCC(C(=O)O)N1C(=O)Nc1ccccc1Cl. The summed E-state index contributed by atoms with van der Waals surface area (Å²) in [7, 11) is 0. The van der Waals surface area contributed by atoms with Crippen molar-refractivity contribution >= 4 is 41.1 Å². The molecule has 7 heteroatoms. The van der Waals surface area contributed by atoms with Crippen molar-refractivity contribution in [3.8, 4) is 0 Å². The lowest BCUT2D eigenvalue weighted by molar-refractivity contribution is -0.141. The number of para-hydroxylation sites is 1. The van der Waals surface area contributed by atoms with Crippen molar-refractivity contribution in [2.75, 3.05) is 11.1 Å². The maximum Gasteiger partial charge on any atom is 0.327 e. The Bertz CT molecular complexity index is 553. The Morgan fingerprint density at radius 1 is 1.43 bits per heavy atom. The Morgan fingerprint density at radius 2 is 2.10 bits per heavy atom. The monoisotopic (exact) mass is 328 g/mol. The van der Waals surface area contributed by atoms with Crippen LogP contribution in [0.25, 0.3) is 0 Å². The second kappa shape index (κ2) is 6.58. The fourth-order valence-electron chi connectivity index (χ4n) is 2.23. The van der Waals surface area contributed by atoms with Gasteiger partial charge in [0.1, 0.15) is 6.04 Å². The molecule has 21 heavy (non-hydrogen) atoms. The van der Waals surface area contributed by atoms with Gasteiger partial charge in [-0.3, -0.25) is 4.90 Å². The molecule has 2 atom stereocenters. The molecular weight excluding hydrogens is 312 g/mol. The van der Waals surface area contributed by atoms with Gasteiger partial charge in [-0.25, -0.2) is 9.59 Å². The van der Waals surface area contributed by atoms with Crippen LogP contribution in [-0.4, -0.2) is 39.2 Å². The van der Waals surface area contributed by atoms with Crippen molar-refractivity contribution in [1.82, 2.24) is 4.90 Å². The summed E-state index contributed by atoms with van der Waals surface area (Å²) in [6.45, 7) is 3.94. The van der Waals surface area contributed by atoms with Crippen LogP contribution in [0.15, 0.2) is 24.3 Å². The molecule has 114 valence electrons. The number of carbonyl (C=O) groups is 2. The summed E-state index contributed by atoms with van der Waals surface area (Å²) in [5.41, 5.74) is 0.479. The van der Waals surface area contributed by atoms with Gasteiger partial charge in [-0.05, 0) is 18.1 Å². The van der Waals surface area contributed by atoms with E-state index in [4.69, 9.17) is 11.6 Å². The van der Waals surface area contributed by atoms with Crippen molar-refractivity contribution < 1.29 is 14.7 Å². The van der Waals surface area contributed by atoms with E-state index in [1.807, 2.05) is 13.8 Å². The Balaban J connectivity index is 2.21. The minimum atomic E-state index is -0.986. The number of carboxylic acid groups (broad SMARTS) is 1. The first kappa shape index (κ1) is 16.0. The van der Waals surface area contributed by atoms with Gasteiger partial charge in [0.2, 0.25) is 0 Å². The maximum atomic E-state index is 12.5. The van der Waals surface area contributed by atoms with Gasteiger partial charge in [-0.15, -0.1) is 11.8 Å². The molecule has 0 radical (unpaired) electrons. The summed E-state index contributed by atoms with van der Waals surface area (Å²) in [6.07, 6.45) is 0. The van der Waals surface area contributed by atoms with E-state index in [1.54, 1.807) is 24.3 Å². The molecule has 2 unspecified atom stereocenters. The second-order valence-electron chi connectivity index (χ2n) is 5.14. The van der Waals surface area contributed by atoms with Crippen molar-refractivity contribution in [1.29, 1.82) is 0 Å². The predicted molar refractivity (Wildman–Crippen MR) is 84.8 cm³/mol. The molecule has 0 bridgehead atoms. The van der Waals surface area contributed by atoms with Crippen molar-refractivity contribution in [3.05, 3.63) is 29.3 Å². The third kappa shape index (κ3) is 3.44. The van der Waals surface area contributed by atoms with Crippen molar-refractivity contribution in [3.63, 3.8) is 0 Å². The number of hydrogen-bond donors (Lipinski definition) is 2. The third-order valence-corrected chi connectivity index (χ3v) is 5.19. The van der Waals surface area contributed by atoms with Crippen LogP contribution in [0.2, 0.25) is 5.02 Å². The van der Waals surface area contributed by atoms with E-state index in [0.717, 1.165) is 0 Å². The zero-order valence-electron chi connectivity index (χ0n) is 11.7. The van der Waals surface area contributed by atoms with Crippen LogP contribution in [-0.2, 0) is 4.79 Å². The number of aliphatic carboxylic acids is 1. The van der Waals surface area contributed by atoms with E-state index < -0.39 is 18.0 Å². The lowest BCUT2D eigenvalue weighted by Crippen LogP contribution is -2.49. The van der Waals surface area contributed by atoms with Gasteiger partial charge in [0.05, 0.1) is 16.1 Å². The lowest BCUT2D eigenvalue weighted by Gasteiger charge is -2.29. The van der Waals surface area contributed by atoms with Crippen molar-refractivity contribution in [2.45, 2.75) is 25.3 Å². The number of carbonyl (C=O) groups excluding carboxylic acids is 1. The van der Waals surface area contributed by atoms with Crippen LogP contribution in [0.4, 0.5) is 10.5 Å². The molecule has 0 aliphatic carbocycles. The van der Waals surface area contributed by atoms with Crippen LogP contribution in [0, 0.1) is 5.92 Å². The van der Waals surface area contributed by atoms with Gasteiger partial charge in [-0.1, -0.05) is 37.6 Å². The molecular formula is C14H17ClN2O3S. The number of rotatable bonds is 3. The van der Waals surface area contributed by atoms with E-state index in [9.17, 15) is 14.7 Å². The van der Waals surface area contributed by atoms with Gasteiger partial charge in [0.25, 0.3) is 0 Å². The van der Waals surface area contributed by atoms with E-state index >= 15 is 0 Å². The quantitative estimate of drug-likeness (QED) is 0.892. The Labute approximate surface area is 132 Å². The highest BCUT2D eigenvalue weighted by atomic mass is 35.5. The number of carboxylic acids is 1. The Morgan fingerprint density at radius 3 is 2.67 bits per heavy atom. The number of nitrogens with zero attached hydrogens (tertiary/aromatic N) is 1. The second-order valence-corrected chi connectivity index (χ2v) is 6.70. The van der Waals surface area contributed by atoms with Gasteiger partial charge < -0.3 is 10.4 Å². The smallest absolute Gasteiger partial charge is 0.327 e. The molecule has 0 spiro atoms. The standard InChI is InChI=1S/C14H17ClN2O3S/c1-8(2)12-17(11(7-21-12)13(18)19)14(20)16-10-6-4-3-5-9(10)15/h3-6,8,11-12H,7H2,1-2H3,(H,16,20)(H,18,19). The molecule has 2 amide bonds. The van der Waals surface area contributed by atoms with Crippen LogP contribution in [0.1, 0.15) is 13.8 Å². The number of nitrogens with one attached hydrogen (secondary N) is 1. The molecule has 5 nitrogen and oxygen atoms in total. The summed E-state index contributed by atoms with van der Waals surface area (Å²) < 4.78 is 0. The first-order valence-electron chi connectivity index (χ1n) is 6.60. The highest BCUT2D eigenvalue weighted by Crippen LogP contribution is 2.35. The van der Waals surface area contributed by atoms with Crippen LogP contribution >= 0.6 is 23.4 Å². The number of benzene rings is 1. The first-order valence-corrected chi connectivity index (χ1v) is 8.02. The number of amides is 2. The molecule has 1 aliphatic rings. The van der Waals surface area contributed by atoms with Gasteiger partial charge >= 0.3 is 12.0 Å². The normalized spacial score (nSPS) is 21.6. The number of anilines is 1. The number of urea groups is 1. The first-order chi connectivity index (χ1) is 9.91. The molecule has 1 saturated heterocycles. The molecule has 2 rings (SSSR count). The minimum Gasteiger partial charge on any atom is -0.480 e. The Hall–Kier alpha value is -1.40. The van der Waals surface area contributed by atoms with Gasteiger partial charge in [-0.2, -0.15) is 0 Å². The number of thioether (sulfide) groups is 1. The van der Waals surface area contributed by atoms with Crippen LogP contribution in [0.3, 0.4) is 0 Å². The zero-order chi connectivity index (χ0) is 15.6. The highest BCUT2D eigenvalue weighted by Gasteiger charge is 2.43. The molecule has 1 aromatic carbocycles. The Kier molecular flexibility index (Phi) is 5.00. The summed E-state index contributed by atoms with van der Waals surface area (Å²) in [6, 6.07) is 5.63. The summed E-state index contributed by atoms with van der Waals surface area (Å²) in [4.78, 5) is 25.2. The fourth-order valence-corrected chi connectivity index (χ4v) is 3.88. The number of halogens is 1. The van der Waals surface area contributed by atoms with E-state index in [1.165, 1.54) is 16.7 Å². The van der Waals surface area contributed by atoms with Crippen molar-refractivity contribution in [2.24, 2.45) is 5.92 Å². The largest absolute Gasteiger partial charge is 0.480 e. The molecule has 1 aliphatic heterocycles. The van der Waals surface area contributed by atoms with Gasteiger partial charge in [0, 0.05) is 5.75 Å². The fraction of sp³-hybridized carbons (Fsp3) is 0.429. The zero-order valence-corrected chi connectivity index (χ0v) is 13.3. The molecule has 1 heterocycles. The predicted octanol–water partition coefficient (Wildman–Crippen LogP) is 3.36. The lowest BCUT2D eigenvalue weighted by atomic mass is 10.1. The van der Waals surface area contributed by atoms with Crippen LogP contribution in [0.5, 0.6) is 0 Å². The highest BCUT2D eigenvalue weighted by molar-refractivity contribution is 8.00. The topological polar surface area (TPSA) is 69.6 Å². The number of hydrogen-bond acceptors (Lipinski definition) is 3.